The molecule has 17 heavy (non-hydrogen) atoms. The maximum atomic E-state index is 9.27. The van der Waals surface area contributed by atoms with Crippen LogP contribution < -0.4 is 0 Å². The van der Waals surface area contributed by atoms with Crippen molar-refractivity contribution in [3.63, 3.8) is 0 Å². The molecule has 0 atom stereocenters. The minimum absolute atomic E-state index is 0.867. The molecule has 1 aromatic heterocycles. The molecule has 0 aromatic carbocycles. The molecule has 0 aliphatic heterocycles. The van der Waals surface area contributed by atoms with E-state index in [1.807, 2.05) is 12.1 Å². The molecule has 0 N–H and O–H groups in total. The third-order valence-electron chi connectivity index (χ3n) is 2.88. The van der Waals surface area contributed by atoms with Crippen LogP contribution in [0.5, 0.6) is 0 Å². The molecule has 0 unspecified atom stereocenters. The zero-order valence-corrected chi connectivity index (χ0v) is 10.8. The number of unbranched alkanes of at least 4 members (excludes halogenated alkanes) is 2. The Balaban J connectivity index is 2.93. The third-order valence-corrected chi connectivity index (χ3v) is 2.88. The summed E-state index contributed by atoms with van der Waals surface area (Å²) in [6, 6.07) is 6.19. The Hall–Kier alpha value is -1.49. The molecule has 0 fully saturated rings. The summed E-state index contributed by atoms with van der Waals surface area (Å²) >= 11 is 0. The highest BCUT2D eigenvalue weighted by Crippen LogP contribution is 2.27. The SMILES string of the molecule is CCCC/C(C#N)=C(/CCCC)c1ccco1. The fourth-order valence-corrected chi connectivity index (χ4v) is 1.85. The first-order valence-corrected chi connectivity index (χ1v) is 6.49. The molecule has 0 spiro atoms. The van der Waals surface area contributed by atoms with Crippen molar-refractivity contribution in [2.24, 2.45) is 0 Å². The van der Waals surface area contributed by atoms with Crippen molar-refractivity contribution in [2.45, 2.75) is 52.4 Å². The average molecular weight is 231 g/mol. The van der Waals surface area contributed by atoms with Gasteiger partial charge in [-0.2, -0.15) is 5.26 Å². The van der Waals surface area contributed by atoms with Gasteiger partial charge in [0.1, 0.15) is 5.76 Å². The van der Waals surface area contributed by atoms with Gasteiger partial charge in [-0.25, -0.2) is 0 Å². The van der Waals surface area contributed by atoms with Gasteiger partial charge in [0, 0.05) is 11.1 Å². The molecule has 2 heteroatoms. The van der Waals surface area contributed by atoms with Gasteiger partial charge in [-0.3, -0.25) is 0 Å². The molecule has 0 aliphatic rings. The van der Waals surface area contributed by atoms with Gasteiger partial charge < -0.3 is 4.42 Å². The maximum Gasteiger partial charge on any atom is 0.130 e. The molecule has 0 bridgehead atoms. The summed E-state index contributed by atoms with van der Waals surface area (Å²) in [6.45, 7) is 4.31. The number of nitrogens with zero attached hydrogens (tertiary/aromatic N) is 1. The van der Waals surface area contributed by atoms with Gasteiger partial charge in [0.05, 0.1) is 12.3 Å². The van der Waals surface area contributed by atoms with E-state index >= 15 is 0 Å². The summed E-state index contributed by atoms with van der Waals surface area (Å²) in [4.78, 5) is 0. The fourth-order valence-electron chi connectivity index (χ4n) is 1.85. The lowest BCUT2D eigenvalue weighted by Crippen LogP contribution is -1.91. The minimum atomic E-state index is 0.867. The smallest absolute Gasteiger partial charge is 0.130 e. The lowest BCUT2D eigenvalue weighted by Gasteiger charge is -2.07. The average Bonchev–Trinajstić information content (AvgIpc) is 2.87. The van der Waals surface area contributed by atoms with Crippen molar-refractivity contribution in [3.05, 3.63) is 29.7 Å². The quantitative estimate of drug-likeness (QED) is 0.623. The van der Waals surface area contributed by atoms with Crippen LogP contribution in [0.1, 0.15) is 58.1 Å². The van der Waals surface area contributed by atoms with E-state index < -0.39 is 0 Å². The fraction of sp³-hybridized carbons (Fsp3) is 0.533. The van der Waals surface area contributed by atoms with Crippen LogP contribution in [0.4, 0.5) is 0 Å². The van der Waals surface area contributed by atoms with Crippen LogP contribution in [-0.2, 0) is 0 Å². The van der Waals surface area contributed by atoms with E-state index in [9.17, 15) is 5.26 Å². The van der Waals surface area contributed by atoms with Gasteiger partial charge in [-0.1, -0.05) is 26.7 Å². The Labute approximate surface area is 104 Å². The summed E-state index contributed by atoms with van der Waals surface area (Å²) in [5, 5.41) is 9.27. The zero-order valence-electron chi connectivity index (χ0n) is 10.8. The van der Waals surface area contributed by atoms with Crippen molar-refractivity contribution in [1.29, 1.82) is 5.26 Å². The molecular weight excluding hydrogens is 210 g/mol. The van der Waals surface area contributed by atoms with Crippen LogP contribution >= 0.6 is 0 Å². The number of allylic oxidation sites excluding steroid dienone is 2. The topological polar surface area (TPSA) is 36.9 Å². The molecule has 0 saturated heterocycles. The van der Waals surface area contributed by atoms with E-state index in [4.69, 9.17) is 4.42 Å². The van der Waals surface area contributed by atoms with Crippen LogP contribution in [0.2, 0.25) is 0 Å². The molecular formula is C15H21NO. The summed E-state index contributed by atoms with van der Waals surface area (Å²) in [5.41, 5.74) is 2.00. The number of hydrogen-bond acceptors (Lipinski definition) is 2. The van der Waals surface area contributed by atoms with Crippen LogP contribution in [0.15, 0.2) is 28.4 Å². The highest BCUT2D eigenvalue weighted by atomic mass is 16.3. The summed E-state index contributed by atoms with van der Waals surface area (Å²) in [6.07, 6.45) is 7.91. The second-order valence-corrected chi connectivity index (χ2v) is 4.25. The second kappa shape index (κ2) is 7.73. The molecule has 92 valence electrons. The van der Waals surface area contributed by atoms with Crippen LogP contribution in [-0.4, -0.2) is 0 Å². The molecule has 0 amide bonds. The zero-order chi connectivity index (χ0) is 12.5. The van der Waals surface area contributed by atoms with Gasteiger partial charge in [0.25, 0.3) is 0 Å². The molecule has 1 heterocycles. The van der Waals surface area contributed by atoms with Gasteiger partial charge in [0.2, 0.25) is 0 Å². The number of rotatable bonds is 7. The van der Waals surface area contributed by atoms with E-state index in [0.29, 0.717) is 0 Å². The van der Waals surface area contributed by atoms with Gasteiger partial charge >= 0.3 is 0 Å². The van der Waals surface area contributed by atoms with E-state index in [1.165, 1.54) is 0 Å². The van der Waals surface area contributed by atoms with E-state index in [1.54, 1.807) is 6.26 Å². The summed E-state index contributed by atoms with van der Waals surface area (Å²) in [7, 11) is 0. The van der Waals surface area contributed by atoms with E-state index in [2.05, 4.69) is 19.9 Å². The molecule has 1 rings (SSSR count). The first-order valence-electron chi connectivity index (χ1n) is 6.49. The third kappa shape index (κ3) is 4.11. The predicted octanol–water partition coefficient (Wildman–Crippen LogP) is 4.94. The number of hydrogen-bond donors (Lipinski definition) is 0. The first kappa shape index (κ1) is 13.6. The van der Waals surface area contributed by atoms with Crippen molar-refractivity contribution < 1.29 is 4.42 Å². The standard InChI is InChI=1S/C15H21NO/c1-3-5-8-13(12-16)14(9-6-4-2)15-10-7-11-17-15/h7,10-11H,3-6,8-9H2,1-2H3/b14-13+. The van der Waals surface area contributed by atoms with Gasteiger partial charge in [-0.05, 0) is 37.8 Å². The summed E-state index contributed by atoms with van der Waals surface area (Å²) in [5.74, 6) is 0.867. The Morgan fingerprint density at radius 1 is 1.24 bits per heavy atom. The van der Waals surface area contributed by atoms with Crippen molar-refractivity contribution >= 4 is 5.57 Å². The van der Waals surface area contributed by atoms with Crippen molar-refractivity contribution in [3.8, 4) is 6.07 Å². The van der Waals surface area contributed by atoms with E-state index in [-0.39, 0.29) is 0 Å². The molecule has 0 aliphatic carbocycles. The molecule has 0 saturated carbocycles. The van der Waals surface area contributed by atoms with E-state index in [0.717, 1.165) is 55.4 Å². The monoisotopic (exact) mass is 231 g/mol. The number of nitriles is 1. The van der Waals surface area contributed by atoms with Crippen molar-refractivity contribution in [2.75, 3.05) is 0 Å². The minimum Gasteiger partial charge on any atom is -0.465 e. The molecule has 2 nitrogen and oxygen atoms in total. The maximum absolute atomic E-state index is 9.27. The highest BCUT2D eigenvalue weighted by Gasteiger charge is 2.11. The lowest BCUT2D eigenvalue weighted by molar-refractivity contribution is 0.548. The molecule has 1 aromatic rings. The second-order valence-electron chi connectivity index (χ2n) is 4.25. The number of furan rings is 1. The van der Waals surface area contributed by atoms with Crippen LogP contribution in [0, 0.1) is 11.3 Å². The Kier molecular flexibility index (Phi) is 6.17. The predicted molar refractivity (Wildman–Crippen MR) is 70.3 cm³/mol. The largest absolute Gasteiger partial charge is 0.465 e. The van der Waals surface area contributed by atoms with Gasteiger partial charge in [-0.15, -0.1) is 0 Å². The van der Waals surface area contributed by atoms with Crippen molar-refractivity contribution in [1.82, 2.24) is 0 Å². The Morgan fingerprint density at radius 3 is 2.47 bits per heavy atom. The highest BCUT2D eigenvalue weighted by molar-refractivity contribution is 5.68. The Morgan fingerprint density at radius 2 is 1.94 bits per heavy atom. The first-order chi connectivity index (χ1) is 8.33. The van der Waals surface area contributed by atoms with Gasteiger partial charge in [0.15, 0.2) is 0 Å². The van der Waals surface area contributed by atoms with Crippen LogP contribution in [0.3, 0.4) is 0 Å². The normalized spacial score (nSPS) is 12.1. The lowest BCUT2D eigenvalue weighted by atomic mass is 9.97. The van der Waals surface area contributed by atoms with Crippen LogP contribution in [0.25, 0.3) is 5.57 Å². The summed E-state index contributed by atoms with van der Waals surface area (Å²) < 4.78 is 5.45. The Bertz CT molecular complexity index is 382. The molecule has 0 radical (unpaired) electrons.